The van der Waals surface area contributed by atoms with Crippen LogP contribution in [0.3, 0.4) is 0 Å². The van der Waals surface area contributed by atoms with Crippen LogP contribution in [-0.2, 0) is 0 Å². The number of Topliss-reactive ketones (excluding diaryl/α,β-unsaturated/α-hetero) is 1. The highest BCUT2D eigenvalue weighted by molar-refractivity contribution is 7.14. The molecule has 4 heteroatoms. The lowest BCUT2D eigenvalue weighted by Gasteiger charge is -2.00. The molecule has 12 heavy (non-hydrogen) atoms. The van der Waals surface area contributed by atoms with E-state index in [9.17, 15) is 4.79 Å². The van der Waals surface area contributed by atoms with Gasteiger partial charge in [0.1, 0.15) is 10.7 Å². The third-order valence-corrected chi connectivity index (χ3v) is 2.11. The van der Waals surface area contributed by atoms with Crippen LogP contribution in [0.25, 0.3) is 0 Å². The van der Waals surface area contributed by atoms with Crippen LogP contribution in [0.15, 0.2) is 5.51 Å². The van der Waals surface area contributed by atoms with E-state index < -0.39 is 0 Å². The van der Waals surface area contributed by atoms with Gasteiger partial charge in [-0.05, 0) is 5.92 Å². The van der Waals surface area contributed by atoms with E-state index in [0.717, 1.165) is 0 Å². The predicted molar refractivity (Wildman–Crippen MR) is 50.3 cm³/mol. The first-order chi connectivity index (χ1) is 5.61. The van der Waals surface area contributed by atoms with E-state index in [0.29, 0.717) is 23.0 Å². The summed E-state index contributed by atoms with van der Waals surface area (Å²) in [5.41, 5.74) is 7.59. The highest BCUT2D eigenvalue weighted by Gasteiger charge is 2.13. The number of thiazole rings is 1. The summed E-state index contributed by atoms with van der Waals surface area (Å²) in [6.07, 6.45) is 0.522. The summed E-state index contributed by atoms with van der Waals surface area (Å²) in [5, 5.41) is 0.528. The summed E-state index contributed by atoms with van der Waals surface area (Å²) in [7, 11) is 0. The number of nitrogen functional groups attached to an aromatic ring is 1. The number of rotatable bonds is 3. The number of nitrogens with zero attached hydrogens (tertiary/aromatic N) is 1. The Hall–Kier alpha value is -0.900. The summed E-state index contributed by atoms with van der Waals surface area (Å²) in [6, 6.07) is 0. The Morgan fingerprint density at radius 2 is 2.42 bits per heavy atom. The zero-order valence-corrected chi connectivity index (χ0v) is 8.02. The van der Waals surface area contributed by atoms with E-state index in [2.05, 4.69) is 4.98 Å². The zero-order chi connectivity index (χ0) is 9.14. The molecule has 0 aliphatic carbocycles. The van der Waals surface area contributed by atoms with Crippen molar-refractivity contribution in [2.45, 2.75) is 20.3 Å². The van der Waals surface area contributed by atoms with Gasteiger partial charge >= 0.3 is 0 Å². The van der Waals surface area contributed by atoms with Gasteiger partial charge in [-0.25, -0.2) is 4.98 Å². The molecule has 66 valence electrons. The van der Waals surface area contributed by atoms with E-state index in [1.54, 1.807) is 5.51 Å². The Kier molecular flexibility index (Phi) is 2.81. The van der Waals surface area contributed by atoms with Crippen molar-refractivity contribution in [2.75, 3.05) is 5.73 Å². The van der Waals surface area contributed by atoms with Crippen molar-refractivity contribution in [3.8, 4) is 0 Å². The molecule has 0 aliphatic heterocycles. The van der Waals surface area contributed by atoms with Crippen LogP contribution in [-0.4, -0.2) is 10.8 Å². The minimum atomic E-state index is 0.0451. The van der Waals surface area contributed by atoms with Crippen molar-refractivity contribution < 1.29 is 4.79 Å². The summed E-state index contributed by atoms with van der Waals surface area (Å²) >= 11 is 1.31. The summed E-state index contributed by atoms with van der Waals surface area (Å²) in [6.45, 7) is 4.00. The third-order valence-electron chi connectivity index (χ3n) is 1.45. The SMILES string of the molecule is CC(C)CC(=O)c1ncsc1N. The van der Waals surface area contributed by atoms with Crippen molar-refractivity contribution in [3.05, 3.63) is 11.2 Å². The van der Waals surface area contributed by atoms with Gasteiger partial charge in [-0.15, -0.1) is 11.3 Å². The van der Waals surface area contributed by atoms with Gasteiger partial charge in [0.05, 0.1) is 5.51 Å². The van der Waals surface area contributed by atoms with Crippen LogP contribution < -0.4 is 5.73 Å². The zero-order valence-electron chi connectivity index (χ0n) is 7.20. The normalized spacial score (nSPS) is 10.6. The largest absolute Gasteiger partial charge is 0.389 e. The van der Waals surface area contributed by atoms with Crippen LogP contribution in [0, 0.1) is 5.92 Å². The van der Waals surface area contributed by atoms with Gasteiger partial charge in [-0.2, -0.15) is 0 Å². The number of hydrogen-bond donors (Lipinski definition) is 1. The Bertz CT molecular complexity index is 280. The average Bonchev–Trinajstić information content (AvgIpc) is 2.33. The molecule has 3 nitrogen and oxygen atoms in total. The lowest BCUT2D eigenvalue weighted by atomic mass is 10.1. The van der Waals surface area contributed by atoms with E-state index in [1.807, 2.05) is 13.8 Å². The lowest BCUT2D eigenvalue weighted by Crippen LogP contribution is -2.05. The van der Waals surface area contributed by atoms with Gasteiger partial charge in [0.2, 0.25) is 0 Å². The topological polar surface area (TPSA) is 56.0 Å². The van der Waals surface area contributed by atoms with Crippen LogP contribution in [0.4, 0.5) is 5.00 Å². The molecule has 0 saturated heterocycles. The Labute approximate surface area is 75.6 Å². The number of ketones is 1. The second-order valence-electron chi connectivity index (χ2n) is 3.09. The third kappa shape index (κ3) is 2.04. The molecule has 0 unspecified atom stereocenters. The summed E-state index contributed by atoms with van der Waals surface area (Å²) in [4.78, 5) is 15.3. The quantitative estimate of drug-likeness (QED) is 0.730. The number of hydrogen-bond acceptors (Lipinski definition) is 4. The number of carbonyl (C=O) groups is 1. The first-order valence-corrected chi connectivity index (χ1v) is 4.71. The number of carbonyl (C=O) groups excluding carboxylic acids is 1. The fourth-order valence-electron chi connectivity index (χ4n) is 0.932. The van der Waals surface area contributed by atoms with Gasteiger partial charge in [-0.1, -0.05) is 13.8 Å². The summed E-state index contributed by atoms with van der Waals surface area (Å²) < 4.78 is 0. The predicted octanol–water partition coefficient (Wildman–Crippen LogP) is 1.95. The van der Waals surface area contributed by atoms with Crippen LogP contribution in [0.1, 0.15) is 30.8 Å². The van der Waals surface area contributed by atoms with E-state index in [-0.39, 0.29) is 5.78 Å². The molecule has 2 N–H and O–H groups in total. The average molecular weight is 184 g/mol. The lowest BCUT2D eigenvalue weighted by molar-refractivity contribution is 0.0964. The first kappa shape index (κ1) is 9.19. The van der Waals surface area contributed by atoms with Crippen molar-refractivity contribution in [2.24, 2.45) is 5.92 Å². The minimum absolute atomic E-state index is 0.0451. The molecule has 0 amide bonds. The van der Waals surface area contributed by atoms with E-state index in [4.69, 9.17) is 5.73 Å². The Morgan fingerprint density at radius 1 is 1.75 bits per heavy atom. The van der Waals surface area contributed by atoms with Crippen LogP contribution in [0.5, 0.6) is 0 Å². The number of nitrogens with two attached hydrogens (primary N) is 1. The molecule has 1 aromatic heterocycles. The van der Waals surface area contributed by atoms with Crippen molar-refractivity contribution in [1.82, 2.24) is 4.98 Å². The van der Waals surface area contributed by atoms with Crippen LogP contribution >= 0.6 is 11.3 Å². The molecule has 0 aliphatic rings. The smallest absolute Gasteiger partial charge is 0.184 e. The van der Waals surface area contributed by atoms with Gasteiger partial charge in [0.15, 0.2) is 5.78 Å². The standard InChI is InChI=1S/C8H12N2OS/c1-5(2)3-6(11)7-8(9)12-4-10-7/h4-5H,3,9H2,1-2H3. The van der Waals surface area contributed by atoms with Gasteiger partial charge in [0, 0.05) is 6.42 Å². The maximum Gasteiger partial charge on any atom is 0.184 e. The molecule has 0 fully saturated rings. The molecule has 0 atom stereocenters. The fourth-order valence-corrected chi connectivity index (χ4v) is 1.48. The molecule has 0 saturated carbocycles. The Balaban J connectivity index is 2.72. The maximum atomic E-state index is 11.4. The van der Waals surface area contributed by atoms with Gasteiger partial charge in [-0.3, -0.25) is 4.79 Å². The molecule has 1 heterocycles. The minimum Gasteiger partial charge on any atom is -0.389 e. The molecular weight excluding hydrogens is 172 g/mol. The van der Waals surface area contributed by atoms with Crippen molar-refractivity contribution in [3.63, 3.8) is 0 Å². The molecule has 0 radical (unpaired) electrons. The Morgan fingerprint density at radius 3 is 2.83 bits per heavy atom. The molecule has 0 bridgehead atoms. The van der Waals surface area contributed by atoms with Crippen molar-refractivity contribution >= 4 is 22.1 Å². The first-order valence-electron chi connectivity index (χ1n) is 3.83. The monoisotopic (exact) mass is 184 g/mol. The molecule has 0 aromatic carbocycles. The molecule has 1 rings (SSSR count). The second kappa shape index (κ2) is 3.67. The molecule has 0 spiro atoms. The van der Waals surface area contributed by atoms with Crippen molar-refractivity contribution in [1.29, 1.82) is 0 Å². The fraction of sp³-hybridized carbons (Fsp3) is 0.500. The van der Waals surface area contributed by atoms with E-state index >= 15 is 0 Å². The molecular formula is C8H12N2OS. The molecule has 1 aromatic rings. The highest BCUT2D eigenvalue weighted by atomic mass is 32.1. The number of anilines is 1. The highest BCUT2D eigenvalue weighted by Crippen LogP contribution is 2.18. The number of aromatic nitrogens is 1. The summed E-state index contributed by atoms with van der Waals surface area (Å²) in [5.74, 6) is 0.405. The van der Waals surface area contributed by atoms with Gasteiger partial charge < -0.3 is 5.73 Å². The second-order valence-corrected chi connectivity index (χ2v) is 3.97. The van der Waals surface area contributed by atoms with E-state index in [1.165, 1.54) is 11.3 Å². The van der Waals surface area contributed by atoms with Gasteiger partial charge in [0.25, 0.3) is 0 Å². The van der Waals surface area contributed by atoms with Crippen LogP contribution in [0.2, 0.25) is 0 Å². The maximum absolute atomic E-state index is 11.4.